The highest BCUT2D eigenvalue weighted by Crippen LogP contribution is 2.30. The second-order valence-electron chi connectivity index (χ2n) is 5.77. The van der Waals surface area contributed by atoms with Gasteiger partial charge >= 0.3 is 0 Å². The Hall–Kier alpha value is -1.59. The zero-order chi connectivity index (χ0) is 15.0. The van der Waals surface area contributed by atoms with E-state index in [4.69, 9.17) is 16.3 Å². The van der Waals surface area contributed by atoms with Crippen LogP contribution in [0.25, 0.3) is 11.0 Å². The molecule has 1 amide bonds. The molecule has 1 aliphatic heterocycles. The van der Waals surface area contributed by atoms with Gasteiger partial charge in [0.15, 0.2) is 0 Å². The lowest BCUT2D eigenvalue weighted by Gasteiger charge is -2.31. The lowest BCUT2D eigenvalue weighted by molar-refractivity contribution is -0.131. The quantitative estimate of drug-likeness (QED) is 0.928. The summed E-state index contributed by atoms with van der Waals surface area (Å²) in [5.74, 6) is 0.451. The van der Waals surface area contributed by atoms with E-state index in [-0.39, 0.29) is 5.91 Å². The van der Waals surface area contributed by atoms with Crippen molar-refractivity contribution < 1.29 is 9.53 Å². The van der Waals surface area contributed by atoms with E-state index in [1.165, 1.54) is 0 Å². The molecular weight excluding hydrogens is 290 g/mol. The van der Waals surface area contributed by atoms with E-state index >= 15 is 0 Å². The largest absolute Gasteiger partial charge is 0.380 e. The number of ether oxygens (including phenoxy) is 1. The summed E-state index contributed by atoms with van der Waals surface area (Å²) in [5.41, 5.74) is 1.09. The Morgan fingerprint density at radius 3 is 3.00 bits per heavy atom. The Morgan fingerprint density at radius 2 is 2.33 bits per heavy atom. The average molecular weight is 308 g/mol. The van der Waals surface area contributed by atoms with E-state index in [9.17, 15) is 4.79 Å². The molecule has 1 atom stereocenters. The van der Waals surface area contributed by atoms with Crippen LogP contribution in [0.2, 0.25) is 5.02 Å². The number of nitrogens with one attached hydrogen (secondary N) is 1. The van der Waals surface area contributed by atoms with Gasteiger partial charge in [0.05, 0.1) is 28.1 Å². The molecule has 1 aromatic carbocycles. The third-order valence-corrected chi connectivity index (χ3v) is 4.36. The maximum absolute atomic E-state index is 12.5. The molecule has 1 saturated heterocycles. The van der Waals surface area contributed by atoms with Gasteiger partial charge in [-0.25, -0.2) is 4.98 Å². The summed E-state index contributed by atoms with van der Waals surface area (Å²) in [4.78, 5) is 17.0. The average Bonchev–Trinajstić information content (AvgIpc) is 2.77. The maximum atomic E-state index is 12.5. The van der Waals surface area contributed by atoms with E-state index in [2.05, 4.69) is 10.3 Å². The number of rotatable bonds is 2. The van der Waals surface area contributed by atoms with Gasteiger partial charge in [0, 0.05) is 13.7 Å². The molecule has 2 aromatic rings. The van der Waals surface area contributed by atoms with Crippen LogP contribution >= 0.6 is 11.6 Å². The van der Waals surface area contributed by atoms with Crippen molar-refractivity contribution in [2.24, 2.45) is 12.5 Å². The third kappa shape index (κ3) is 2.51. The monoisotopic (exact) mass is 307 g/mol. The number of hydrogen-bond donors (Lipinski definition) is 1. The molecule has 2 heterocycles. The highest BCUT2D eigenvalue weighted by atomic mass is 35.5. The first-order chi connectivity index (χ1) is 10.0. The van der Waals surface area contributed by atoms with Crippen LogP contribution in [0.5, 0.6) is 0 Å². The number of nitrogens with zero attached hydrogens (tertiary/aromatic N) is 2. The lowest BCUT2D eigenvalue weighted by Crippen LogP contribution is -2.40. The van der Waals surface area contributed by atoms with E-state index in [1.54, 1.807) is 0 Å². The number of imidazole rings is 1. The van der Waals surface area contributed by atoms with Crippen LogP contribution in [0.1, 0.15) is 19.8 Å². The summed E-state index contributed by atoms with van der Waals surface area (Å²) in [6.07, 6.45) is 1.72. The predicted molar refractivity (Wildman–Crippen MR) is 82.5 cm³/mol. The summed E-state index contributed by atoms with van der Waals surface area (Å²) in [6, 6.07) is 5.54. The SMILES string of the molecule is Cn1c(NC(=O)C2(C)CCCOC2)nc2cccc(Cl)c21. The van der Waals surface area contributed by atoms with Gasteiger partial charge in [0.2, 0.25) is 11.9 Å². The minimum absolute atomic E-state index is 0.0586. The molecule has 112 valence electrons. The van der Waals surface area contributed by atoms with Gasteiger partial charge in [-0.3, -0.25) is 10.1 Å². The maximum Gasteiger partial charge on any atom is 0.234 e. The van der Waals surface area contributed by atoms with Crippen molar-refractivity contribution in [2.45, 2.75) is 19.8 Å². The van der Waals surface area contributed by atoms with E-state index in [0.29, 0.717) is 17.6 Å². The standard InChI is InChI=1S/C15H18ClN3O2/c1-15(7-4-8-21-9-15)13(20)18-14-17-11-6-3-5-10(16)12(11)19(14)2/h3,5-6H,4,7-9H2,1-2H3,(H,17,18,20). The molecule has 21 heavy (non-hydrogen) atoms. The number of aryl methyl sites for hydroxylation is 1. The van der Waals surface area contributed by atoms with E-state index in [1.807, 2.05) is 36.7 Å². The van der Waals surface area contributed by atoms with Crippen molar-refractivity contribution in [3.63, 3.8) is 0 Å². The Balaban J connectivity index is 1.90. The number of para-hydroxylation sites is 1. The third-order valence-electron chi connectivity index (χ3n) is 4.06. The number of benzene rings is 1. The molecule has 6 heteroatoms. The van der Waals surface area contributed by atoms with Crippen LogP contribution in [0.15, 0.2) is 18.2 Å². The Bertz CT molecular complexity index is 690. The number of aromatic nitrogens is 2. The van der Waals surface area contributed by atoms with E-state index in [0.717, 1.165) is 30.5 Å². The normalized spacial score (nSPS) is 22.4. The number of anilines is 1. The number of halogens is 1. The van der Waals surface area contributed by atoms with Crippen LogP contribution < -0.4 is 5.32 Å². The predicted octanol–water partition coefficient (Wildman–Crippen LogP) is 2.98. The number of fused-ring (bicyclic) bond motifs is 1. The molecule has 0 radical (unpaired) electrons. The van der Waals surface area contributed by atoms with Gasteiger partial charge in [-0.05, 0) is 31.9 Å². The number of hydrogen-bond acceptors (Lipinski definition) is 3. The van der Waals surface area contributed by atoms with Crippen molar-refractivity contribution in [2.75, 3.05) is 18.5 Å². The molecule has 1 fully saturated rings. The van der Waals surface area contributed by atoms with Crippen LogP contribution in [-0.4, -0.2) is 28.7 Å². The fraction of sp³-hybridized carbons (Fsp3) is 0.467. The molecule has 0 bridgehead atoms. The molecule has 1 N–H and O–H groups in total. The topological polar surface area (TPSA) is 56.2 Å². The highest BCUT2D eigenvalue weighted by molar-refractivity contribution is 6.35. The van der Waals surface area contributed by atoms with Crippen LogP contribution in [-0.2, 0) is 16.6 Å². The lowest BCUT2D eigenvalue weighted by atomic mass is 9.84. The molecule has 1 unspecified atom stereocenters. The summed E-state index contributed by atoms with van der Waals surface area (Å²) in [6.45, 7) is 3.10. The Kier molecular flexibility index (Phi) is 3.63. The second-order valence-corrected chi connectivity index (χ2v) is 6.18. The minimum atomic E-state index is -0.500. The number of carbonyl (C=O) groups is 1. The van der Waals surface area contributed by atoms with Crippen LogP contribution in [0.3, 0.4) is 0 Å². The molecule has 1 aromatic heterocycles. The first kappa shape index (κ1) is 14.4. The van der Waals surface area contributed by atoms with Crippen molar-refractivity contribution in [1.29, 1.82) is 0 Å². The zero-order valence-electron chi connectivity index (χ0n) is 12.1. The summed E-state index contributed by atoms with van der Waals surface area (Å²) in [7, 11) is 1.84. The van der Waals surface area contributed by atoms with Crippen LogP contribution in [0.4, 0.5) is 5.95 Å². The molecule has 5 nitrogen and oxygen atoms in total. The van der Waals surface area contributed by atoms with Gasteiger partial charge in [-0.2, -0.15) is 0 Å². The fourth-order valence-corrected chi connectivity index (χ4v) is 2.99. The van der Waals surface area contributed by atoms with Gasteiger partial charge in [0.1, 0.15) is 0 Å². The molecule has 3 rings (SSSR count). The van der Waals surface area contributed by atoms with Gasteiger partial charge in [0.25, 0.3) is 0 Å². The summed E-state index contributed by atoms with van der Waals surface area (Å²) in [5, 5.41) is 3.53. The first-order valence-electron chi connectivity index (χ1n) is 7.01. The van der Waals surface area contributed by atoms with Gasteiger partial charge in [-0.1, -0.05) is 17.7 Å². The Morgan fingerprint density at radius 1 is 1.52 bits per heavy atom. The van der Waals surface area contributed by atoms with Crippen molar-refractivity contribution in [3.8, 4) is 0 Å². The zero-order valence-corrected chi connectivity index (χ0v) is 12.9. The smallest absolute Gasteiger partial charge is 0.234 e. The van der Waals surface area contributed by atoms with Gasteiger partial charge in [-0.15, -0.1) is 0 Å². The molecule has 0 aliphatic carbocycles. The van der Waals surface area contributed by atoms with Crippen molar-refractivity contribution in [1.82, 2.24) is 9.55 Å². The molecular formula is C15H18ClN3O2. The van der Waals surface area contributed by atoms with E-state index < -0.39 is 5.41 Å². The van der Waals surface area contributed by atoms with Crippen LogP contribution in [0, 0.1) is 5.41 Å². The molecule has 0 spiro atoms. The molecule has 1 aliphatic rings. The number of carbonyl (C=O) groups excluding carboxylic acids is 1. The summed E-state index contributed by atoms with van der Waals surface area (Å²) < 4.78 is 7.25. The molecule has 0 saturated carbocycles. The number of amides is 1. The summed E-state index contributed by atoms with van der Waals surface area (Å²) >= 11 is 6.19. The van der Waals surface area contributed by atoms with Crippen molar-refractivity contribution in [3.05, 3.63) is 23.2 Å². The minimum Gasteiger partial charge on any atom is -0.380 e. The highest BCUT2D eigenvalue weighted by Gasteiger charge is 2.36. The van der Waals surface area contributed by atoms with Crippen molar-refractivity contribution >= 4 is 34.5 Å². The Labute approximate surface area is 128 Å². The van der Waals surface area contributed by atoms with Gasteiger partial charge < -0.3 is 9.30 Å². The first-order valence-corrected chi connectivity index (χ1v) is 7.39. The second kappa shape index (κ2) is 5.31. The fourth-order valence-electron chi connectivity index (χ4n) is 2.70.